The van der Waals surface area contributed by atoms with Crippen LogP contribution < -0.4 is 16.4 Å². The Kier molecular flexibility index (Phi) is 4.28. The van der Waals surface area contributed by atoms with E-state index in [0.717, 1.165) is 24.7 Å². The number of nitrogens with two attached hydrogens (primary N) is 2. The van der Waals surface area contributed by atoms with E-state index in [4.69, 9.17) is 11.5 Å². The molecule has 0 aliphatic carbocycles. The van der Waals surface area contributed by atoms with Crippen molar-refractivity contribution in [2.24, 2.45) is 11.5 Å². The van der Waals surface area contributed by atoms with Gasteiger partial charge in [-0.25, -0.2) is 9.97 Å². The van der Waals surface area contributed by atoms with Crippen molar-refractivity contribution in [2.45, 2.75) is 6.92 Å². The molecule has 0 saturated heterocycles. The van der Waals surface area contributed by atoms with Gasteiger partial charge in [0.2, 0.25) is 0 Å². The molecule has 0 bridgehead atoms. The van der Waals surface area contributed by atoms with Gasteiger partial charge in [0, 0.05) is 32.4 Å². The molecule has 4 N–H and O–H groups in total. The van der Waals surface area contributed by atoms with Gasteiger partial charge in [0.1, 0.15) is 11.6 Å². The van der Waals surface area contributed by atoms with Crippen LogP contribution in [0.25, 0.3) is 0 Å². The molecule has 0 fully saturated rings. The molecule has 0 aromatic carbocycles. The molecular formula is C9H17N5. The Morgan fingerprint density at radius 3 is 2.43 bits per heavy atom. The average molecular weight is 195 g/mol. The van der Waals surface area contributed by atoms with Crippen molar-refractivity contribution >= 4 is 5.82 Å². The van der Waals surface area contributed by atoms with Crippen LogP contribution in [-0.2, 0) is 0 Å². The van der Waals surface area contributed by atoms with E-state index in [9.17, 15) is 0 Å². The molecule has 1 aromatic rings. The zero-order valence-electron chi connectivity index (χ0n) is 8.48. The van der Waals surface area contributed by atoms with Crippen LogP contribution in [0.15, 0.2) is 12.3 Å². The molecule has 1 aromatic heterocycles. The van der Waals surface area contributed by atoms with Crippen LogP contribution in [0.1, 0.15) is 5.82 Å². The summed E-state index contributed by atoms with van der Waals surface area (Å²) in [6.07, 6.45) is 1.75. The zero-order chi connectivity index (χ0) is 10.4. The first-order chi connectivity index (χ1) is 6.77. The van der Waals surface area contributed by atoms with Crippen LogP contribution in [0, 0.1) is 6.92 Å². The highest BCUT2D eigenvalue weighted by molar-refractivity contribution is 5.37. The maximum atomic E-state index is 5.51. The minimum atomic E-state index is 0.600. The molecule has 0 aliphatic rings. The highest BCUT2D eigenvalue weighted by atomic mass is 15.2. The summed E-state index contributed by atoms with van der Waals surface area (Å²) >= 11 is 0. The standard InChI is InChI=1S/C9H17N5/c1-8-12-5-2-9(13-8)14(6-3-10)7-4-11/h2,5H,3-4,6-7,10-11H2,1H3. The second-order valence-corrected chi connectivity index (χ2v) is 3.03. The van der Waals surface area contributed by atoms with Gasteiger partial charge in [0.15, 0.2) is 0 Å². The van der Waals surface area contributed by atoms with Crippen LogP contribution in [0.2, 0.25) is 0 Å². The molecule has 0 aliphatic heterocycles. The lowest BCUT2D eigenvalue weighted by molar-refractivity contribution is 0.764. The Bertz CT molecular complexity index is 270. The molecular weight excluding hydrogens is 178 g/mol. The number of aryl methyl sites for hydroxylation is 1. The molecule has 0 amide bonds. The molecule has 5 heteroatoms. The second kappa shape index (κ2) is 5.51. The van der Waals surface area contributed by atoms with Gasteiger partial charge in [-0.3, -0.25) is 0 Å². The lowest BCUT2D eigenvalue weighted by atomic mass is 10.4. The molecule has 0 spiro atoms. The fraction of sp³-hybridized carbons (Fsp3) is 0.556. The van der Waals surface area contributed by atoms with Gasteiger partial charge in [0.05, 0.1) is 0 Å². The predicted molar refractivity (Wildman–Crippen MR) is 57.1 cm³/mol. The third-order valence-corrected chi connectivity index (χ3v) is 1.88. The molecule has 0 radical (unpaired) electrons. The topological polar surface area (TPSA) is 81.1 Å². The summed E-state index contributed by atoms with van der Waals surface area (Å²) in [5, 5.41) is 0. The monoisotopic (exact) mass is 195 g/mol. The number of hydrogen-bond acceptors (Lipinski definition) is 5. The Labute approximate surface area is 84.1 Å². The van der Waals surface area contributed by atoms with Gasteiger partial charge < -0.3 is 16.4 Å². The van der Waals surface area contributed by atoms with Gasteiger partial charge in [-0.05, 0) is 13.0 Å². The number of aromatic nitrogens is 2. The van der Waals surface area contributed by atoms with Crippen molar-refractivity contribution in [3.63, 3.8) is 0 Å². The van der Waals surface area contributed by atoms with Crippen molar-refractivity contribution in [1.82, 2.24) is 9.97 Å². The summed E-state index contributed by atoms with van der Waals surface area (Å²) in [7, 11) is 0. The van der Waals surface area contributed by atoms with E-state index in [2.05, 4.69) is 14.9 Å². The van der Waals surface area contributed by atoms with Crippen LogP contribution in [0.5, 0.6) is 0 Å². The van der Waals surface area contributed by atoms with E-state index < -0.39 is 0 Å². The molecule has 0 saturated carbocycles. The largest absolute Gasteiger partial charge is 0.354 e. The summed E-state index contributed by atoms with van der Waals surface area (Å²) in [6, 6.07) is 1.87. The van der Waals surface area contributed by atoms with E-state index >= 15 is 0 Å². The maximum absolute atomic E-state index is 5.51. The van der Waals surface area contributed by atoms with Crippen LogP contribution in [0.4, 0.5) is 5.82 Å². The number of anilines is 1. The molecule has 14 heavy (non-hydrogen) atoms. The summed E-state index contributed by atoms with van der Waals surface area (Å²) in [5.74, 6) is 1.66. The first kappa shape index (κ1) is 10.9. The minimum Gasteiger partial charge on any atom is -0.354 e. The Hall–Kier alpha value is -1.20. The fourth-order valence-corrected chi connectivity index (χ4v) is 1.27. The van der Waals surface area contributed by atoms with Crippen LogP contribution in [-0.4, -0.2) is 36.1 Å². The SMILES string of the molecule is Cc1nccc(N(CCN)CCN)n1. The Morgan fingerprint density at radius 2 is 1.93 bits per heavy atom. The molecule has 5 nitrogen and oxygen atoms in total. The fourth-order valence-electron chi connectivity index (χ4n) is 1.27. The first-order valence-corrected chi connectivity index (χ1v) is 4.72. The molecule has 1 rings (SSSR count). The molecule has 1 heterocycles. The van der Waals surface area contributed by atoms with Gasteiger partial charge in [-0.15, -0.1) is 0 Å². The van der Waals surface area contributed by atoms with E-state index in [-0.39, 0.29) is 0 Å². The number of nitrogens with zero attached hydrogens (tertiary/aromatic N) is 3. The highest BCUT2D eigenvalue weighted by Gasteiger charge is 2.05. The highest BCUT2D eigenvalue weighted by Crippen LogP contribution is 2.07. The van der Waals surface area contributed by atoms with Crippen molar-refractivity contribution in [3.05, 3.63) is 18.1 Å². The van der Waals surface area contributed by atoms with Crippen LogP contribution >= 0.6 is 0 Å². The average Bonchev–Trinajstić information content (AvgIpc) is 2.17. The second-order valence-electron chi connectivity index (χ2n) is 3.03. The van der Waals surface area contributed by atoms with E-state index in [1.165, 1.54) is 0 Å². The summed E-state index contributed by atoms with van der Waals surface area (Å²) < 4.78 is 0. The van der Waals surface area contributed by atoms with E-state index in [1.807, 2.05) is 13.0 Å². The third kappa shape index (κ3) is 2.93. The lowest BCUT2D eigenvalue weighted by Crippen LogP contribution is -2.34. The Morgan fingerprint density at radius 1 is 1.29 bits per heavy atom. The number of rotatable bonds is 5. The maximum Gasteiger partial charge on any atom is 0.132 e. The lowest BCUT2D eigenvalue weighted by Gasteiger charge is -2.22. The third-order valence-electron chi connectivity index (χ3n) is 1.88. The van der Waals surface area contributed by atoms with Gasteiger partial charge >= 0.3 is 0 Å². The first-order valence-electron chi connectivity index (χ1n) is 4.72. The summed E-state index contributed by atoms with van der Waals surface area (Å²) in [4.78, 5) is 10.4. The van der Waals surface area contributed by atoms with Crippen molar-refractivity contribution in [2.75, 3.05) is 31.1 Å². The zero-order valence-corrected chi connectivity index (χ0v) is 8.48. The van der Waals surface area contributed by atoms with Gasteiger partial charge in [0.25, 0.3) is 0 Å². The summed E-state index contributed by atoms with van der Waals surface area (Å²) in [6.45, 7) is 4.61. The van der Waals surface area contributed by atoms with E-state index in [1.54, 1.807) is 6.20 Å². The molecule has 0 unspecified atom stereocenters. The quantitative estimate of drug-likeness (QED) is 0.662. The van der Waals surface area contributed by atoms with E-state index in [0.29, 0.717) is 13.1 Å². The van der Waals surface area contributed by atoms with Gasteiger partial charge in [-0.2, -0.15) is 0 Å². The summed E-state index contributed by atoms with van der Waals surface area (Å²) in [5.41, 5.74) is 11.0. The predicted octanol–water partition coefficient (Wildman–Crippen LogP) is -0.491. The Balaban J connectivity index is 2.75. The van der Waals surface area contributed by atoms with Crippen LogP contribution in [0.3, 0.4) is 0 Å². The smallest absolute Gasteiger partial charge is 0.132 e. The van der Waals surface area contributed by atoms with Crippen molar-refractivity contribution in [1.29, 1.82) is 0 Å². The number of hydrogen-bond donors (Lipinski definition) is 2. The minimum absolute atomic E-state index is 0.600. The van der Waals surface area contributed by atoms with Crippen molar-refractivity contribution in [3.8, 4) is 0 Å². The normalized spacial score (nSPS) is 10.2. The molecule has 0 atom stereocenters. The van der Waals surface area contributed by atoms with Gasteiger partial charge in [-0.1, -0.05) is 0 Å². The van der Waals surface area contributed by atoms with Crippen molar-refractivity contribution < 1.29 is 0 Å². The molecule has 78 valence electrons.